The summed E-state index contributed by atoms with van der Waals surface area (Å²) in [5.74, 6) is 2.92. The first-order chi connectivity index (χ1) is 9.85. The van der Waals surface area contributed by atoms with Crippen molar-refractivity contribution in [1.82, 2.24) is 10.3 Å². The lowest BCUT2D eigenvalue weighted by Crippen LogP contribution is -2.17. The molecule has 1 aromatic carbocycles. The fourth-order valence-electron chi connectivity index (χ4n) is 1.95. The van der Waals surface area contributed by atoms with Gasteiger partial charge >= 0.3 is 0 Å². The molecule has 0 amide bonds. The Morgan fingerprint density at radius 3 is 3.05 bits per heavy atom. The summed E-state index contributed by atoms with van der Waals surface area (Å²) in [5, 5.41) is 4.51. The number of nitrogens with one attached hydrogen (secondary N) is 1. The average molecular weight is 288 g/mol. The van der Waals surface area contributed by atoms with Crippen LogP contribution in [-0.2, 0) is 6.54 Å². The van der Waals surface area contributed by atoms with Crippen LogP contribution >= 0.6 is 11.8 Å². The summed E-state index contributed by atoms with van der Waals surface area (Å²) in [4.78, 5) is 4.67. The van der Waals surface area contributed by atoms with E-state index in [0.29, 0.717) is 0 Å². The van der Waals surface area contributed by atoms with Gasteiger partial charge in [-0.15, -0.1) is 6.58 Å². The number of hydrogen-bond donors (Lipinski definition) is 1. The van der Waals surface area contributed by atoms with Crippen LogP contribution in [0.3, 0.4) is 0 Å². The van der Waals surface area contributed by atoms with Gasteiger partial charge in [-0.25, -0.2) is 4.98 Å². The number of thioether (sulfide) groups is 1. The molecular formula is C16H20N2OS. The summed E-state index contributed by atoms with van der Waals surface area (Å²) >= 11 is 1.88. The molecule has 20 heavy (non-hydrogen) atoms. The molecule has 0 atom stereocenters. The SMILES string of the molecule is C=CCSCCNCc1ccc2cccc(OC)c2n1. The van der Waals surface area contributed by atoms with Gasteiger partial charge in [0.25, 0.3) is 0 Å². The Morgan fingerprint density at radius 2 is 2.25 bits per heavy atom. The number of fused-ring (bicyclic) bond motifs is 1. The highest BCUT2D eigenvalue weighted by Gasteiger charge is 2.03. The number of pyridine rings is 1. The molecule has 0 spiro atoms. The summed E-state index contributed by atoms with van der Waals surface area (Å²) in [6, 6.07) is 10.1. The zero-order chi connectivity index (χ0) is 14.2. The molecule has 0 bridgehead atoms. The number of nitrogens with zero attached hydrogens (tertiary/aromatic N) is 1. The molecule has 0 saturated carbocycles. The van der Waals surface area contributed by atoms with Gasteiger partial charge in [0.2, 0.25) is 0 Å². The second-order valence-corrected chi connectivity index (χ2v) is 5.52. The second-order valence-electron chi connectivity index (χ2n) is 4.37. The molecule has 2 rings (SSSR count). The van der Waals surface area contributed by atoms with Crippen molar-refractivity contribution in [3.63, 3.8) is 0 Å². The number of aromatic nitrogens is 1. The highest BCUT2D eigenvalue weighted by Crippen LogP contribution is 2.23. The van der Waals surface area contributed by atoms with E-state index in [0.717, 1.165) is 46.9 Å². The highest BCUT2D eigenvalue weighted by atomic mass is 32.2. The molecule has 1 aromatic heterocycles. The Labute approximate surface area is 124 Å². The Kier molecular flexibility index (Phi) is 5.89. The van der Waals surface area contributed by atoms with Gasteiger partial charge in [-0.3, -0.25) is 0 Å². The van der Waals surface area contributed by atoms with Crippen molar-refractivity contribution in [2.75, 3.05) is 25.2 Å². The quantitative estimate of drug-likeness (QED) is 0.597. The van der Waals surface area contributed by atoms with E-state index < -0.39 is 0 Å². The van der Waals surface area contributed by atoms with Gasteiger partial charge in [0, 0.05) is 30.0 Å². The largest absolute Gasteiger partial charge is 0.494 e. The number of para-hydroxylation sites is 1. The summed E-state index contributed by atoms with van der Waals surface area (Å²) < 4.78 is 5.36. The summed E-state index contributed by atoms with van der Waals surface area (Å²) in [5.41, 5.74) is 1.96. The monoisotopic (exact) mass is 288 g/mol. The molecule has 0 aliphatic heterocycles. The molecule has 3 nitrogen and oxygen atoms in total. The molecule has 0 radical (unpaired) electrons. The lowest BCUT2D eigenvalue weighted by atomic mass is 10.2. The van der Waals surface area contributed by atoms with Gasteiger partial charge in [0.15, 0.2) is 0 Å². The van der Waals surface area contributed by atoms with Crippen molar-refractivity contribution in [2.24, 2.45) is 0 Å². The molecule has 2 aromatic rings. The third-order valence-corrected chi connectivity index (χ3v) is 3.89. The Hall–Kier alpha value is -1.52. The maximum absolute atomic E-state index is 5.36. The van der Waals surface area contributed by atoms with Crippen molar-refractivity contribution in [2.45, 2.75) is 6.54 Å². The maximum atomic E-state index is 5.36. The van der Waals surface area contributed by atoms with E-state index in [1.165, 1.54) is 0 Å². The third-order valence-electron chi connectivity index (χ3n) is 2.93. The van der Waals surface area contributed by atoms with Crippen LogP contribution in [0.2, 0.25) is 0 Å². The molecule has 0 saturated heterocycles. The maximum Gasteiger partial charge on any atom is 0.145 e. The van der Waals surface area contributed by atoms with Crippen LogP contribution in [0.4, 0.5) is 0 Å². The van der Waals surface area contributed by atoms with Crippen LogP contribution in [-0.4, -0.2) is 30.1 Å². The Morgan fingerprint density at radius 1 is 1.35 bits per heavy atom. The van der Waals surface area contributed by atoms with E-state index in [-0.39, 0.29) is 0 Å². The average Bonchev–Trinajstić information content (AvgIpc) is 2.50. The van der Waals surface area contributed by atoms with E-state index in [4.69, 9.17) is 4.74 Å². The molecule has 0 aliphatic carbocycles. The molecular weight excluding hydrogens is 268 g/mol. The molecule has 0 unspecified atom stereocenters. The standard InChI is InChI=1S/C16H20N2OS/c1-3-10-20-11-9-17-12-14-8-7-13-5-4-6-15(19-2)16(13)18-14/h3-8,17H,1,9-12H2,2H3. The van der Waals surface area contributed by atoms with Gasteiger partial charge in [-0.1, -0.05) is 24.3 Å². The van der Waals surface area contributed by atoms with Crippen molar-refractivity contribution >= 4 is 22.7 Å². The van der Waals surface area contributed by atoms with E-state index in [2.05, 4.69) is 29.0 Å². The molecule has 0 fully saturated rings. The molecule has 4 heteroatoms. The fourth-order valence-corrected chi connectivity index (χ4v) is 2.57. The van der Waals surface area contributed by atoms with Crippen LogP contribution in [0.1, 0.15) is 5.69 Å². The Balaban J connectivity index is 1.95. The van der Waals surface area contributed by atoms with E-state index in [1.54, 1.807) is 7.11 Å². The van der Waals surface area contributed by atoms with E-state index in [1.807, 2.05) is 36.0 Å². The summed E-state index contributed by atoms with van der Waals surface area (Å²) in [6.07, 6.45) is 1.93. The van der Waals surface area contributed by atoms with Crippen molar-refractivity contribution in [3.05, 3.63) is 48.7 Å². The first-order valence-electron chi connectivity index (χ1n) is 6.67. The third kappa shape index (κ3) is 3.99. The second kappa shape index (κ2) is 7.92. The predicted molar refractivity (Wildman–Crippen MR) is 87.5 cm³/mol. The zero-order valence-corrected chi connectivity index (χ0v) is 12.6. The lowest BCUT2D eigenvalue weighted by Gasteiger charge is -2.08. The van der Waals surface area contributed by atoms with Crippen molar-refractivity contribution in [1.29, 1.82) is 0 Å². The zero-order valence-electron chi connectivity index (χ0n) is 11.8. The summed E-state index contributed by atoms with van der Waals surface area (Å²) in [7, 11) is 1.68. The smallest absolute Gasteiger partial charge is 0.145 e. The minimum Gasteiger partial charge on any atom is -0.494 e. The van der Waals surface area contributed by atoms with Crippen LogP contribution in [0.15, 0.2) is 43.0 Å². The van der Waals surface area contributed by atoms with E-state index >= 15 is 0 Å². The highest BCUT2D eigenvalue weighted by molar-refractivity contribution is 7.99. The van der Waals surface area contributed by atoms with Gasteiger partial charge in [0.05, 0.1) is 12.8 Å². The van der Waals surface area contributed by atoms with Crippen LogP contribution in [0, 0.1) is 0 Å². The first kappa shape index (κ1) is 14.9. The van der Waals surface area contributed by atoms with Crippen LogP contribution < -0.4 is 10.1 Å². The van der Waals surface area contributed by atoms with Crippen LogP contribution in [0.5, 0.6) is 5.75 Å². The number of hydrogen-bond acceptors (Lipinski definition) is 4. The summed E-state index contributed by atoms with van der Waals surface area (Å²) in [6.45, 7) is 5.46. The normalized spacial score (nSPS) is 10.7. The van der Waals surface area contributed by atoms with Crippen molar-refractivity contribution in [3.8, 4) is 5.75 Å². The van der Waals surface area contributed by atoms with Gasteiger partial charge in [-0.2, -0.15) is 11.8 Å². The Bertz CT molecular complexity index is 571. The van der Waals surface area contributed by atoms with Crippen molar-refractivity contribution < 1.29 is 4.74 Å². The van der Waals surface area contributed by atoms with Gasteiger partial charge in [-0.05, 0) is 12.1 Å². The van der Waals surface area contributed by atoms with Gasteiger partial charge < -0.3 is 10.1 Å². The molecule has 1 heterocycles. The van der Waals surface area contributed by atoms with Gasteiger partial charge in [0.1, 0.15) is 11.3 Å². The lowest BCUT2D eigenvalue weighted by molar-refractivity contribution is 0.419. The molecule has 1 N–H and O–H groups in total. The first-order valence-corrected chi connectivity index (χ1v) is 7.82. The van der Waals surface area contributed by atoms with Crippen LogP contribution in [0.25, 0.3) is 10.9 Å². The number of methoxy groups -OCH3 is 1. The number of rotatable bonds is 8. The predicted octanol–water partition coefficient (Wildman–Crippen LogP) is 3.25. The van der Waals surface area contributed by atoms with E-state index in [9.17, 15) is 0 Å². The molecule has 0 aliphatic rings. The topological polar surface area (TPSA) is 34.1 Å². The molecule has 106 valence electrons. The minimum absolute atomic E-state index is 0.780. The number of ether oxygens (including phenoxy) is 1. The minimum atomic E-state index is 0.780. The number of benzene rings is 1. The fraction of sp³-hybridized carbons (Fsp3) is 0.312.